The molecular weight excluding hydrogens is 368 g/mol. The molecule has 2 aromatic heterocycles. The number of anilines is 1. The first-order valence-corrected chi connectivity index (χ1v) is 8.90. The number of thioether (sulfide) groups is 1. The van der Waals surface area contributed by atoms with Crippen molar-refractivity contribution < 1.29 is 9.21 Å². The van der Waals surface area contributed by atoms with Crippen molar-refractivity contribution in [2.75, 3.05) is 11.1 Å². The number of aromatic nitrogens is 2. The van der Waals surface area contributed by atoms with Crippen molar-refractivity contribution in [2.45, 2.75) is 5.22 Å². The molecule has 0 fully saturated rings. The van der Waals surface area contributed by atoms with Crippen molar-refractivity contribution in [3.63, 3.8) is 0 Å². The minimum atomic E-state index is -0.253. The number of halogens is 1. The van der Waals surface area contributed by atoms with Crippen LogP contribution in [0.15, 0.2) is 45.4 Å². The van der Waals surface area contributed by atoms with Crippen LogP contribution >= 0.6 is 34.7 Å². The minimum absolute atomic E-state index is 0.0902. The van der Waals surface area contributed by atoms with Crippen LogP contribution in [0.2, 0.25) is 5.02 Å². The lowest BCUT2D eigenvalue weighted by molar-refractivity contribution is -0.113. The van der Waals surface area contributed by atoms with Gasteiger partial charge in [-0.05, 0) is 23.6 Å². The number of amides is 1. The van der Waals surface area contributed by atoms with Crippen molar-refractivity contribution in [3.8, 4) is 17.5 Å². The van der Waals surface area contributed by atoms with Gasteiger partial charge in [-0.15, -0.1) is 21.5 Å². The summed E-state index contributed by atoms with van der Waals surface area (Å²) in [5, 5.41) is 22.5. The highest BCUT2D eigenvalue weighted by Crippen LogP contribution is 2.29. The Kier molecular flexibility index (Phi) is 5.15. The third-order valence-electron chi connectivity index (χ3n) is 2.88. The molecule has 1 amide bonds. The van der Waals surface area contributed by atoms with Gasteiger partial charge in [-0.1, -0.05) is 35.5 Å². The number of nitrogens with zero attached hydrogens (tertiary/aromatic N) is 3. The fraction of sp³-hybridized carbons (Fsp3) is 0.0667. The number of carbonyl (C=O) groups excluding carboxylic acids is 1. The first-order valence-electron chi connectivity index (χ1n) is 6.66. The van der Waals surface area contributed by atoms with Gasteiger partial charge in [-0.25, -0.2) is 0 Å². The Bertz CT molecular complexity index is 916. The van der Waals surface area contributed by atoms with Gasteiger partial charge in [0.2, 0.25) is 11.8 Å². The number of hydrogen-bond acceptors (Lipinski definition) is 7. The topological polar surface area (TPSA) is 91.8 Å². The van der Waals surface area contributed by atoms with Gasteiger partial charge in [0.05, 0.1) is 21.9 Å². The highest BCUT2D eigenvalue weighted by atomic mass is 35.5. The molecule has 0 bridgehead atoms. The predicted molar refractivity (Wildman–Crippen MR) is 93.1 cm³/mol. The smallest absolute Gasteiger partial charge is 0.277 e. The normalized spacial score (nSPS) is 10.3. The lowest BCUT2D eigenvalue weighted by atomic mass is 10.2. The second kappa shape index (κ2) is 7.49. The monoisotopic (exact) mass is 376 g/mol. The minimum Gasteiger partial charge on any atom is -0.411 e. The fourth-order valence-electron chi connectivity index (χ4n) is 1.80. The molecule has 120 valence electrons. The maximum absolute atomic E-state index is 11.9. The molecule has 1 N–H and O–H groups in total. The van der Waals surface area contributed by atoms with Crippen LogP contribution in [0.1, 0.15) is 5.56 Å². The summed E-state index contributed by atoms with van der Waals surface area (Å²) in [5.41, 5.74) is 1.08. The highest BCUT2D eigenvalue weighted by molar-refractivity contribution is 7.99. The summed E-state index contributed by atoms with van der Waals surface area (Å²) in [6.45, 7) is 0. The molecule has 0 atom stereocenters. The molecule has 24 heavy (non-hydrogen) atoms. The lowest BCUT2D eigenvalue weighted by Gasteiger charge is -2.01. The standard InChI is InChI=1S/C15H9ClN4O2S2/c16-11-4-2-1-3-10(11)13-19-20-15(22-13)24-8-12(21)18-14-9(7-17)5-6-23-14/h1-6H,8H2,(H,18,21). The molecule has 0 aliphatic rings. The van der Waals surface area contributed by atoms with Gasteiger partial charge in [0.25, 0.3) is 5.22 Å². The van der Waals surface area contributed by atoms with Crippen molar-refractivity contribution in [1.82, 2.24) is 10.2 Å². The van der Waals surface area contributed by atoms with Crippen molar-refractivity contribution in [1.29, 1.82) is 5.26 Å². The summed E-state index contributed by atoms with van der Waals surface area (Å²) >= 11 is 8.49. The van der Waals surface area contributed by atoms with Crippen LogP contribution in [0.25, 0.3) is 11.5 Å². The summed E-state index contributed by atoms with van der Waals surface area (Å²) in [5.74, 6) is 0.136. The van der Waals surface area contributed by atoms with E-state index in [2.05, 4.69) is 15.5 Å². The van der Waals surface area contributed by atoms with E-state index in [0.29, 0.717) is 27.0 Å². The van der Waals surface area contributed by atoms with E-state index in [1.807, 2.05) is 18.2 Å². The Hall–Kier alpha value is -2.34. The molecule has 1 aromatic carbocycles. The van der Waals surface area contributed by atoms with Gasteiger partial charge in [-0.3, -0.25) is 4.79 Å². The molecule has 0 radical (unpaired) electrons. The SMILES string of the molecule is N#Cc1ccsc1NC(=O)CSc1nnc(-c2ccccc2Cl)o1. The molecular formula is C15H9ClN4O2S2. The van der Waals surface area contributed by atoms with Crippen LogP contribution < -0.4 is 5.32 Å². The first kappa shape index (κ1) is 16.5. The van der Waals surface area contributed by atoms with E-state index >= 15 is 0 Å². The molecule has 3 aromatic rings. The highest BCUT2D eigenvalue weighted by Gasteiger charge is 2.14. The molecule has 0 saturated heterocycles. The zero-order chi connectivity index (χ0) is 16.9. The molecule has 3 rings (SSSR count). The molecule has 0 unspecified atom stereocenters. The maximum atomic E-state index is 11.9. The molecule has 0 aliphatic carbocycles. The van der Waals surface area contributed by atoms with Gasteiger partial charge < -0.3 is 9.73 Å². The Morgan fingerprint density at radius 1 is 1.38 bits per heavy atom. The molecule has 0 saturated carbocycles. The average Bonchev–Trinajstić information content (AvgIpc) is 3.22. The Morgan fingerprint density at radius 2 is 2.21 bits per heavy atom. The van der Waals surface area contributed by atoms with Crippen LogP contribution in [-0.4, -0.2) is 21.9 Å². The molecule has 0 aliphatic heterocycles. The van der Waals surface area contributed by atoms with E-state index in [1.165, 1.54) is 11.3 Å². The number of benzene rings is 1. The second-order valence-electron chi connectivity index (χ2n) is 4.47. The third kappa shape index (κ3) is 3.76. The van der Waals surface area contributed by atoms with Gasteiger partial charge in [0, 0.05) is 0 Å². The fourth-order valence-corrected chi connectivity index (χ4v) is 3.33. The largest absolute Gasteiger partial charge is 0.411 e. The molecule has 0 spiro atoms. The molecule has 9 heteroatoms. The Balaban J connectivity index is 1.61. The van der Waals surface area contributed by atoms with E-state index < -0.39 is 0 Å². The van der Waals surface area contributed by atoms with Crippen molar-refractivity contribution in [3.05, 3.63) is 46.3 Å². The Morgan fingerprint density at radius 3 is 3.00 bits per heavy atom. The van der Waals surface area contributed by atoms with Crippen molar-refractivity contribution >= 4 is 45.6 Å². The number of rotatable bonds is 5. The van der Waals surface area contributed by atoms with Gasteiger partial charge in [0.15, 0.2) is 0 Å². The predicted octanol–water partition coefficient (Wildman–Crippen LogP) is 4.05. The van der Waals surface area contributed by atoms with E-state index in [-0.39, 0.29) is 16.9 Å². The lowest BCUT2D eigenvalue weighted by Crippen LogP contribution is -2.13. The summed E-state index contributed by atoms with van der Waals surface area (Å²) in [7, 11) is 0. The third-order valence-corrected chi connectivity index (χ3v) is 4.85. The average molecular weight is 377 g/mol. The quantitative estimate of drug-likeness (QED) is 0.675. The second-order valence-corrected chi connectivity index (χ2v) is 6.71. The van der Waals surface area contributed by atoms with Gasteiger partial charge in [0.1, 0.15) is 11.1 Å². The van der Waals surface area contributed by atoms with E-state index in [9.17, 15) is 4.79 Å². The van der Waals surface area contributed by atoms with Gasteiger partial charge in [-0.2, -0.15) is 5.26 Å². The van der Waals surface area contributed by atoms with Crippen LogP contribution in [0.5, 0.6) is 0 Å². The number of nitriles is 1. The number of thiophene rings is 1. The zero-order valence-corrected chi connectivity index (χ0v) is 14.4. The molecule has 2 heterocycles. The van der Waals surface area contributed by atoms with E-state index in [4.69, 9.17) is 21.3 Å². The number of nitrogens with one attached hydrogen (secondary N) is 1. The first-order chi connectivity index (χ1) is 11.7. The number of hydrogen-bond donors (Lipinski definition) is 1. The summed E-state index contributed by atoms with van der Waals surface area (Å²) in [4.78, 5) is 11.9. The Labute approximate surface area is 150 Å². The van der Waals surface area contributed by atoms with Crippen LogP contribution in [0, 0.1) is 11.3 Å². The number of carbonyl (C=O) groups is 1. The maximum Gasteiger partial charge on any atom is 0.277 e. The van der Waals surface area contributed by atoms with Crippen molar-refractivity contribution in [2.24, 2.45) is 0 Å². The van der Waals surface area contributed by atoms with Gasteiger partial charge >= 0.3 is 0 Å². The van der Waals surface area contributed by atoms with Crippen LogP contribution in [-0.2, 0) is 4.79 Å². The van der Waals surface area contributed by atoms with E-state index in [1.54, 1.807) is 23.6 Å². The summed E-state index contributed by atoms with van der Waals surface area (Å²) in [6.07, 6.45) is 0. The molecule has 6 nitrogen and oxygen atoms in total. The van der Waals surface area contributed by atoms with Crippen LogP contribution in [0.4, 0.5) is 5.00 Å². The zero-order valence-electron chi connectivity index (χ0n) is 12.0. The van der Waals surface area contributed by atoms with E-state index in [0.717, 1.165) is 11.8 Å². The summed E-state index contributed by atoms with van der Waals surface area (Å²) in [6, 6.07) is 10.8. The summed E-state index contributed by atoms with van der Waals surface area (Å²) < 4.78 is 5.51. The van der Waals surface area contributed by atoms with Crippen LogP contribution in [0.3, 0.4) is 0 Å².